The van der Waals surface area contributed by atoms with Gasteiger partial charge < -0.3 is 36.9 Å². The van der Waals surface area contributed by atoms with Crippen molar-refractivity contribution in [2.24, 2.45) is 0 Å². The van der Waals surface area contributed by atoms with E-state index in [0.717, 1.165) is 12.5 Å². The van der Waals surface area contributed by atoms with Crippen molar-refractivity contribution in [2.45, 2.75) is 13.8 Å². The first-order valence-corrected chi connectivity index (χ1v) is 3.10. The van der Waals surface area contributed by atoms with Crippen molar-refractivity contribution in [2.75, 3.05) is 0 Å². The number of carbonyl (C=O) groups excluding carboxylic acids is 2. The number of hydrogen-bond donors (Lipinski definition) is 0. The zero-order chi connectivity index (χ0) is 9.98. The molecule has 0 saturated carbocycles. The van der Waals surface area contributed by atoms with Gasteiger partial charge in [-0.25, -0.2) is 0 Å². The molecule has 0 amide bonds. The van der Waals surface area contributed by atoms with E-state index in [0.29, 0.717) is 0 Å². The molecule has 0 saturated heterocycles. The van der Waals surface area contributed by atoms with Crippen molar-refractivity contribution in [1.29, 1.82) is 0 Å². The Morgan fingerprint density at radius 3 is 0.895 bits per heavy atom. The van der Waals surface area contributed by atoms with Crippen LogP contribution in [0, 0.1) is 0 Å². The smallest absolute Gasteiger partial charge is 2.00 e. The van der Waals surface area contributed by atoms with E-state index in [1.54, 1.807) is 0 Å². The molecule has 0 aliphatic carbocycles. The SMILES string of the molecule is C=COC(C)=O.C=COC(C)=O.[Nb+5].[Nb+5].[O-2].[O-2].[O-2].[O-2].[O-2]. The summed E-state index contributed by atoms with van der Waals surface area (Å²) >= 11 is 0. The second kappa shape index (κ2) is 52.5. The van der Waals surface area contributed by atoms with Gasteiger partial charge in [0.2, 0.25) is 0 Å². The third-order valence-electron chi connectivity index (χ3n) is 0.499. The summed E-state index contributed by atoms with van der Waals surface area (Å²) < 4.78 is 8.33. The van der Waals surface area contributed by atoms with E-state index >= 15 is 0 Å². The van der Waals surface area contributed by atoms with E-state index < -0.39 is 0 Å². The first-order valence-electron chi connectivity index (χ1n) is 3.10. The van der Waals surface area contributed by atoms with Crippen LogP contribution in [0.2, 0.25) is 0 Å². The molecule has 0 spiro atoms. The van der Waals surface area contributed by atoms with Crippen molar-refractivity contribution in [3.63, 3.8) is 0 Å². The quantitative estimate of drug-likeness (QED) is 0.349. The van der Waals surface area contributed by atoms with E-state index in [-0.39, 0.29) is 84.1 Å². The van der Waals surface area contributed by atoms with Crippen LogP contribution in [0.15, 0.2) is 25.7 Å². The van der Waals surface area contributed by atoms with Gasteiger partial charge in [0.05, 0.1) is 12.5 Å². The van der Waals surface area contributed by atoms with Crippen LogP contribution in [-0.2, 0) is 91.2 Å². The molecule has 19 heavy (non-hydrogen) atoms. The zero-order valence-corrected chi connectivity index (χ0v) is 14.5. The predicted octanol–water partition coefficient (Wildman–Crippen LogP) is 0.787. The van der Waals surface area contributed by atoms with E-state index in [1.165, 1.54) is 13.8 Å². The van der Waals surface area contributed by atoms with Crippen LogP contribution < -0.4 is 0 Å². The molecule has 0 aromatic heterocycles. The van der Waals surface area contributed by atoms with Gasteiger partial charge in [-0.05, 0) is 0 Å². The van der Waals surface area contributed by atoms with Gasteiger partial charge in [0, 0.05) is 13.8 Å². The van der Waals surface area contributed by atoms with Crippen molar-refractivity contribution in [1.82, 2.24) is 0 Å². The molecule has 0 bridgehead atoms. The van der Waals surface area contributed by atoms with E-state index in [9.17, 15) is 9.59 Å². The topological polar surface area (TPSA) is 195 Å². The predicted molar refractivity (Wildman–Crippen MR) is 47.4 cm³/mol. The Morgan fingerprint density at radius 2 is 0.895 bits per heavy atom. The van der Waals surface area contributed by atoms with Crippen LogP contribution in [0.25, 0.3) is 0 Å². The molecular formula is C8H12Nb2O9. The minimum Gasteiger partial charge on any atom is -2.00 e. The summed E-state index contributed by atoms with van der Waals surface area (Å²) in [5.74, 6) is -0.657. The number of rotatable bonds is 2. The number of esters is 2. The van der Waals surface area contributed by atoms with Gasteiger partial charge in [0.25, 0.3) is 0 Å². The minimum atomic E-state index is -0.329. The largest absolute Gasteiger partial charge is 5.00 e. The van der Waals surface area contributed by atoms with Crippen molar-refractivity contribution < 1.29 is 91.2 Å². The molecule has 0 fully saturated rings. The molecule has 11 heteroatoms. The molecule has 108 valence electrons. The Bertz CT molecular complexity index is 167. The monoisotopic (exact) mass is 438 g/mol. The maximum Gasteiger partial charge on any atom is 5.00 e. The molecule has 0 aliphatic heterocycles. The maximum atomic E-state index is 9.75. The fourth-order valence-electron chi connectivity index (χ4n) is 0.235. The van der Waals surface area contributed by atoms with Crippen molar-refractivity contribution >= 4 is 11.9 Å². The second-order valence-electron chi connectivity index (χ2n) is 1.55. The average molecular weight is 438 g/mol. The first kappa shape index (κ1) is 62.3. The van der Waals surface area contributed by atoms with Crippen LogP contribution in [0.5, 0.6) is 0 Å². The summed E-state index contributed by atoms with van der Waals surface area (Å²) in [6, 6.07) is 0. The van der Waals surface area contributed by atoms with Crippen LogP contribution in [-0.4, -0.2) is 11.9 Å². The van der Waals surface area contributed by atoms with Gasteiger partial charge in [-0.15, -0.1) is 0 Å². The molecule has 0 radical (unpaired) electrons. The maximum absolute atomic E-state index is 9.75. The van der Waals surface area contributed by atoms with Gasteiger partial charge in [0.15, 0.2) is 0 Å². The summed E-state index contributed by atoms with van der Waals surface area (Å²) in [6.07, 6.45) is 2.20. The standard InChI is InChI=1S/2C4H6O2.2Nb.5O/c2*1-3-6-4(2)5;;;;;;;/h2*3H,1H2,2H3;;;;;;;/q;;2*+5;5*-2. The Hall–Kier alpha value is -0.299. The van der Waals surface area contributed by atoms with Gasteiger partial charge in [-0.1, -0.05) is 13.2 Å². The normalized spacial score (nSPS) is 4.32. The van der Waals surface area contributed by atoms with Gasteiger partial charge in [-0.2, -0.15) is 0 Å². The Labute approximate surface area is 142 Å². The fraction of sp³-hybridized carbons (Fsp3) is 0.250. The van der Waals surface area contributed by atoms with E-state index in [2.05, 4.69) is 22.6 Å². The summed E-state index contributed by atoms with van der Waals surface area (Å²) in [5.41, 5.74) is 0. The van der Waals surface area contributed by atoms with Gasteiger partial charge in [-0.3, -0.25) is 9.59 Å². The van der Waals surface area contributed by atoms with E-state index in [1.807, 2.05) is 0 Å². The number of carbonyl (C=O) groups is 2. The Kier molecular flexibility index (Phi) is 172. The van der Waals surface area contributed by atoms with Crippen LogP contribution in [0.4, 0.5) is 0 Å². The van der Waals surface area contributed by atoms with Crippen LogP contribution in [0.1, 0.15) is 13.8 Å². The van der Waals surface area contributed by atoms with Crippen molar-refractivity contribution in [3.05, 3.63) is 25.7 Å². The molecule has 0 atom stereocenters. The van der Waals surface area contributed by atoms with Crippen LogP contribution in [0.3, 0.4) is 0 Å². The Morgan fingerprint density at radius 1 is 0.737 bits per heavy atom. The summed E-state index contributed by atoms with van der Waals surface area (Å²) in [4.78, 5) is 19.5. The Balaban J connectivity index is -0.0000000110. The molecule has 0 aromatic rings. The minimum absolute atomic E-state index is 0. The number of ether oxygens (including phenoxy) is 2. The molecule has 0 aliphatic rings. The summed E-state index contributed by atoms with van der Waals surface area (Å²) in [7, 11) is 0. The van der Waals surface area contributed by atoms with E-state index in [4.69, 9.17) is 0 Å². The number of hydrogen-bond acceptors (Lipinski definition) is 4. The molecular weight excluding hydrogens is 426 g/mol. The molecule has 0 N–H and O–H groups in total. The molecule has 9 nitrogen and oxygen atoms in total. The zero-order valence-electron chi connectivity index (χ0n) is 10.1. The molecule has 0 aromatic carbocycles. The van der Waals surface area contributed by atoms with Crippen LogP contribution >= 0.6 is 0 Å². The van der Waals surface area contributed by atoms with Gasteiger partial charge >= 0.3 is 56.7 Å². The third-order valence-corrected chi connectivity index (χ3v) is 0.499. The molecule has 0 rings (SSSR count). The molecule has 0 unspecified atom stereocenters. The van der Waals surface area contributed by atoms with Crippen molar-refractivity contribution in [3.8, 4) is 0 Å². The molecule has 0 heterocycles. The second-order valence-corrected chi connectivity index (χ2v) is 1.55. The third kappa shape index (κ3) is 134. The summed E-state index contributed by atoms with van der Waals surface area (Å²) in [5, 5.41) is 0. The first-order chi connectivity index (χ1) is 5.54. The summed E-state index contributed by atoms with van der Waals surface area (Å²) in [6.45, 7) is 8.96. The average Bonchev–Trinajstić information content (AvgIpc) is 1.87. The van der Waals surface area contributed by atoms with Gasteiger partial charge in [0.1, 0.15) is 0 Å². The fourth-order valence-corrected chi connectivity index (χ4v) is 0.235.